The second-order valence-corrected chi connectivity index (χ2v) is 14.0. The van der Waals surface area contributed by atoms with E-state index in [1.807, 2.05) is 30.3 Å². The van der Waals surface area contributed by atoms with Crippen LogP contribution in [0, 0.1) is 0 Å². The van der Waals surface area contributed by atoms with Crippen LogP contribution in [0.15, 0.2) is 109 Å². The van der Waals surface area contributed by atoms with Crippen molar-refractivity contribution < 1.29 is 9.47 Å². The molecule has 0 aliphatic heterocycles. The maximum atomic E-state index is 8.14. The van der Waals surface area contributed by atoms with Crippen molar-refractivity contribution in [2.24, 2.45) is 0 Å². The second-order valence-electron chi connectivity index (χ2n) is 7.54. The average molecular weight is 449 g/mol. The molecule has 0 unspecified atom stereocenters. The van der Waals surface area contributed by atoms with Gasteiger partial charge in [0.15, 0.2) is 0 Å². The minimum absolute atomic E-state index is 0.658. The van der Waals surface area contributed by atoms with Crippen LogP contribution >= 0.6 is 17.2 Å². The molecular weight excluding hydrogens is 423 g/mol. The van der Waals surface area contributed by atoms with E-state index in [1.165, 1.54) is 0 Å². The van der Waals surface area contributed by atoms with Gasteiger partial charge in [0.2, 0.25) is 0 Å². The van der Waals surface area contributed by atoms with Gasteiger partial charge in [0.25, 0.3) is 0 Å². The summed E-state index contributed by atoms with van der Waals surface area (Å²) in [5.41, 5.74) is 1.10. The first kappa shape index (κ1) is 21.4. The molecule has 0 aliphatic carbocycles. The van der Waals surface area contributed by atoms with Gasteiger partial charge in [-0.15, -0.1) is 0 Å². The third kappa shape index (κ3) is 3.71. The molecule has 0 aliphatic rings. The van der Waals surface area contributed by atoms with Crippen molar-refractivity contribution in [2.45, 2.75) is 6.16 Å². The van der Waals surface area contributed by atoms with E-state index < -0.39 is 5.96 Å². The number of hydrogen-bond acceptors (Lipinski definition) is 2. The molecule has 0 atom stereocenters. The Bertz CT molecular complexity index is 1050. The van der Waals surface area contributed by atoms with Crippen molar-refractivity contribution in [3.8, 4) is 11.5 Å². The molecule has 0 amide bonds. The first-order valence-corrected chi connectivity index (χ1v) is 13.5. The Morgan fingerprint density at radius 2 is 1.00 bits per heavy atom. The molecule has 0 saturated carbocycles. The molecule has 0 spiro atoms. The standard InChI is InChI=1S/C27H26ClO2P/c1-29-26-19-18-22(20-27(26)30-2)21-31(28,23-12-6-3-7-13-23,24-14-8-4-9-15-24)25-16-10-5-11-17-25/h3-20H,21H2,1-2H3. The van der Waals surface area contributed by atoms with E-state index >= 15 is 0 Å². The summed E-state index contributed by atoms with van der Waals surface area (Å²) in [5.74, 6) is -1.96. The minimum atomic E-state index is -3.37. The zero-order valence-corrected chi connectivity index (χ0v) is 19.4. The van der Waals surface area contributed by atoms with E-state index in [0.29, 0.717) is 17.7 Å². The predicted molar refractivity (Wildman–Crippen MR) is 134 cm³/mol. The van der Waals surface area contributed by atoms with Crippen LogP contribution < -0.4 is 25.4 Å². The summed E-state index contributed by atoms with van der Waals surface area (Å²) < 4.78 is 11.0. The van der Waals surface area contributed by atoms with Gasteiger partial charge in [-0.1, -0.05) is 0 Å². The number of benzene rings is 4. The van der Waals surface area contributed by atoms with Crippen molar-refractivity contribution in [2.75, 3.05) is 14.2 Å². The summed E-state index contributed by atoms with van der Waals surface area (Å²) in [7, 11) is 3.31. The number of methoxy groups -OCH3 is 2. The molecule has 2 nitrogen and oxygen atoms in total. The maximum absolute atomic E-state index is 8.14. The Labute approximate surface area is 189 Å². The van der Waals surface area contributed by atoms with Gasteiger partial charge in [-0.05, 0) is 0 Å². The zero-order chi connectivity index (χ0) is 21.8. The summed E-state index contributed by atoms with van der Waals surface area (Å²) in [5, 5.41) is 3.42. The Kier molecular flexibility index (Phi) is 6.05. The van der Waals surface area contributed by atoms with Gasteiger partial charge in [-0.2, -0.15) is 0 Å². The summed E-state index contributed by atoms with van der Waals surface area (Å²) in [4.78, 5) is 0. The molecule has 4 rings (SSSR count). The van der Waals surface area contributed by atoms with Crippen molar-refractivity contribution >= 4 is 33.1 Å². The third-order valence-electron chi connectivity index (χ3n) is 5.81. The Hall–Kier alpha value is -2.80. The molecule has 4 aromatic carbocycles. The van der Waals surface area contributed by atoms with Crippen LogP contribution in [0.3, 0.4) is 0 Å². The number of rotatable bonds is 7. The summed E-state index contributed by atoms with van der Waals surface area (Å²) >= 11 is 8.14. The van der Waals surface area contributed by atoms with Crippen LogP contribution in [-0.4, -0.2) is 14.2 Å². The van der Waals surface area contributed by atoms with E-state index in [4.69, 9.17) is 20.7 Å². The second kappa shape index (κ2) is 8.75. The summed E-state index contributed by atoms with van der Waals surface area (Å²) in [6.45, 7) is 0. The monoisotopic (exact) mass is 448 g/mol. The predicted octanol–water partition coefficient (Wildman–Crippen LogP) is 5.89. The molecule has 0 fully saturated rings. The van der Waals surface area contributed by atoms with Crippen molar-refractivity contribution in [3.63, 3.8) is 0 Å². The van der Waals surface area contributed by atoms with Gasteiger partial charge in [-0.3, -0.25) is 0 Å². The van der Waals surface area contributed by atoms with E-state index in [-0.39, 0.29) is 0 Å². The third-order valence-corrected chi connectivity index (χ3v) is 13.0. The molecule has 31 heavy (non-hydrogen) atoms. The molecule has 0 saturated heterocycles. The number of hydrogen-bond donors (Lipinski definition) is 0. The van der Waals surface area contributed by atoms with Gasteiger partial charge >= 0.3 is 189 Å². The SMILES string of the molecule is COc1ccc(CP(Cl)(c2ccccc2)(c2ccccc2)c2ccccc2)cc1OC. The fourth-order valence-electron chi connectivity index (χ4n) is 4.26. The average Bonchev–Trinajstić information content (AvgIpc) is 2.85. The molecule has 158 valence electrons. The number of halogens is 1. The van der Waals surface area contributed by atoms with Crippen LogP contribution in [0.25, 0.3) is 0 Å². The summed E-state index contributed by atoms with van der Waals surface area (Å²) in [6.07, 6.45) is 0.658. The van der Waals surface area contributed by atoms with E-state index in [1.54, 1.807) is 14.2 Å². The van der Waals surface area contributed by atoms with Gasteiger partial charge in [-0.25, -0.2) is 0 Å². The Morgan fingerprint density at radius 3 is 1.39 bits per heavy atom. The fraction of sp³-hybridized carbons (Fsp3) is 0.111. The molecule has 0 bridgehead atoms. The molecule has 0 N–H and O–H groups in total. The van der Waals surface area contributed by atoms with Crippen LogP contribution in [-0.2, 0) is 6.16 Å². The van der Waals surface area contributed by atoms with Gasteiger partial charge in [0.05, 0.1) is 0 Å². The zero-order valence-electron chi connectivity index (χ0n) is 17.7. The molecule has 4 heteroatoms. The fourth-order valence-corrected chi connectivity index (χ4v) is 10.4. The van der Waals surface area contributed by atoms with Gasteiger partial charge in [0, 0.05) is 0 Å². The Balaban J connectivity index is 2.04. The molecule has 0 heterocycles. The van der Waals surface area contributed by atoms with Crippen molar-refractivity contribution in [1.29, 1.82) is 0 Å². The van der Waals surface area contributed by atoms with Crippen LogP contribution in [0.5, 0.6) is 11.5 Å². The Morgan fingerprint density at radius 1 is 0.581 bits per heavy atom. The van der Waals surface area contributed by atoms with Gasteiger partial charge < -0.3 is 0 Å². The van der Waals surface area contributed by atoms with E-state index in [0.717, 1.165) is 21.5 Å². The molecular formula is C27H26ClO2P. The molecule has 0 aromatic heterocycles. The quantitative estimate of drug-likeness (QED) is 0.328. The normalized spacial score (nSPS) is 12.5. The summed E-state index contributed by atoms with van der Waals surface area (Å²) in [6, 6.07) is 37.5. The van der Waals surface area contributed by atoms with Crippen LogP contribution in [0.2, 0.25) is 0 Å². The molecule has 0 radical (unpaired) electrons. The van der Waals surface area contributed by atoms with Crippen molar-refractivity contribution in [1.82, 2.24) is 0 Å². The van der Waals surface area contributed by atoms with E-state index in [9.17, 15) is 0 Å². The van der Waals surface area contributed by atoms with Crippen LogP contribution in [0.1, 0.15) is 5.56 Å². The van der Waals surface area contributed by atoms with E-state index in [2.05, 4.69) is 78.9 Å². The van der Waals surface area contributed by atoms with Crippen molar-refractivity contribution in [3.05, 3.63) is 115 Å². The van der Waals surface area contributed by atoms with Gasteiger partial charge in [0.1, 0.15) is 0 Å². The topological polar surface area (TPSA) is 18.5 Å². The first-order chi connectivity index (χ1) is 15.1. The molecule has 4 aromatic rings. The first-order valence-electron chi connectivity index (χ1n) is 10.2. The van der Waals surface area contributed by atoms with Crippen LogP contribution in [0.4, 0.5) is 0 Å². The number of ether oxygens (including phenoxy) is 2.